The van der Waals surface area contributed by atoms with Crippen molar-refractivity contribution in [1.82, 2.24) is 4.98 Å². The lowest BCUT2D eigenvalue weighted by Gasteiger charge is -2.09. The van der Waals surface area contributed by atoms with Crippen LogP contribution in [0.5, 0.6) is 5.88 Å². The summed E-state index contributed by atoms with van der Waals surface area (Å²) in [7, 11) is 0. The lowest BCUT2D eigenvalue weighted by molar-refractivity contribution is 0.0696. The van der Waals surface area contributed by atoms with Gasteiger partial charge < -0.3 is 15.6 Å². The highest BCUT2D eigenvalue weighted by Crippen LogP contribution is 2.32. The minimum Gasteiger partial charge on any atom is -0.478 e. The smallest absolute Gasteiger partial charge is 0.339 e. The van der Waals surface area contributed by atoms with E-state index in [-0.39, 0.29) is 5.56 Å². The fourth-order valence-electron chi connectivity index (χ4n) is 1.77. The molecule has 1 aromatic heterocycles. The summed E-state index contributed by atoms with van der Waals surface area (Å²) in [6.45, 7) is 2.37. The first-order valence-electron chi connectivity index (χ1n) is 4.82. The second kappa shape index (κ2) is 3.42. The minimum absolute atomic E-state index is 0.127. The van der Waals surface area contributed by atoms with Gasteiger partial charge in [0.2, 0.25) is 5.88 Å². The Morgan fingerprint density at radius 1 is 1.67 bits per heavy atom. The Labute approximate surface area is 86.9 Å². The zero-order chi connectivity index (χ0) is 11.0. The van der Waals surface area contributed by atoms with Crippen molar-refractivity contribution in [2.75, 3.05) is 12.3 Å². The van der Waals surface area contributed by atoms with Gasteiger partial charge in [-0.1, -0.05) is 6.92 Å². The summed E-state index contributed by atoms with van der Waals surface area (Å²) in [5, 5.41) is 9.05. The van der Waals surface area contributed by atoms with Crippen LogP contribution in [0.25, 0.3) is 0 Å². The Bertz CT molecular complexity index is 429. The van der Waals surface area contributed by atoms with Crippen molar-refractivity contribution >= 4 is 11.7 Å². The molecule has 0 fully saturated rings. The van der Waals surface area contributed by atoms with Crippen molar-refractivity contribution < 1.29 is 14.6 Å². The Morgan fingerprint density at radius 2 is 2.40 bits per heavy atom. The van der Waals surface area contributed by atoms with Crippen molar-refractivity contribution in [3.63, 3.8) is 0 Å². The van der Waals surface area contributed by atoms with E-state index in [9.17, 15) is 4.79 Å². The van der Waals surface area contributed by atoms with Crippen molar-refractivity contribution in [3.8, 4) is 5.88 Å². The fourth-order valence-corrected chi connectivity index (χ4v) is 1.77. The number of carboxylic acid groups (broad SMARTS) is 1. The summed E-state index contributed by atoms with van der Waals surface area (Å²) in [6.07, 6.45) is 1.17. The molecule has 5 nitrogen and oxygen atoms in total. The molecular formula is C10H12N2O3. The molecule has 5 heteroatoms. The van der Waals surface area contributed by atoms with E-state index in [4.69, 9.17) is 15.6 Å². The van der Waals surface area contributed by atoms with Crippen LogP contribution in [0, 0.1) is 0 Å². The maximum atomic E-state index is 11.0. The lowest BCUT2D eigenvalue weighted by Crippen LogP contribution is -2.10. The average molecular weight is 208 g/mol. The molecular weight excluding hydrogens is 196 g/mol. The molecule has 0 bridgehead atoms. The molecule has 0 saturated carbocycles. The Balaban J connectivity index is 2.67. The Hall–Kier alpha value is -1.78. The van der Waals surface area contributed by atoms with Gasteiger partial charge in [-0.15, -0.1) is 0 Å². The van der Waals surface area contributed by atoms with Crippen LogP contribution < -0.4 is 10.5 Å². The molecule has 0 atom stereocenters. The number of anilines is 1. The second-order valence-corrected chi connectivity index (χ2v) is 3.39. The van der Waals surface area contributed by atoms with Gasteiger partial charge in [-0.3, -0.25) is 0 Å². The molecule has 80 valence electrons. The van der Waals surface area contributed by atoms with E-state index >= 15 is 0 Å². The molecule has 2 rings (SSSR count). The maximum Gasteiger partial charge on any atom is 0.339 e. The van der Waals surface area contributed by atoms with Gasteiger partial charge in [0.25, 0.3) is 0 Å². The van der Waals surface area contributed by atoms with E-state index in [0.717, 1.165) is 5.56 Å². The van der Waals surface area contributed by atoms with E-state index in [2.05, 4.69) is 4.98 Å². The second-order valence-electron chi connectivity index (χ2n) is 3.39. The van der Waals surface area contributed by atoms with Crippen LogP contribution in [0.15, 0.2) is 0 Å². The normalized spacial score (nSPS) is 13.4. The number of carboxylic acids is 1. The van der Waals surface area contributed by atoms with E-state index in [1.54, 1.807) is 0 Å². The molecule has 2 heterocycles. The number of aromatic nitrogens is 1. The third kappa shape index (κ3) is 1.40. The third-order valence-corrected chi connectivity index (χ3v) is 2.52. The van der Waals surface area contributed by atoms with Crippen LogP contribution in [0.4, 0.5) is 5.69 Å². The summed E-state index contributed by atoms with van der Waals surface area (Å²) in [4.78, 5) is 15.2. The molecule has 0 amide bonds. The van der Waals surface area contributed by atoms with E-state index in [0.29, 0.717) is 36.7 Å². The van der Waals surface area contributed by atoms with Crippen LogP contribution in [0.3, 0.4) is 0 Å². The van der Waals surface area contributed by atoms with Crippen molar-refractivity contribution in [2.45, 2.75) is 19.8 Å². The molecule has 0 aliphatic carbocycles. The van der Waals surface area contributed by atoms with Crippen molar-refractivity contribution in [2.24, 2.45) is 0 Å². The average Bonchev–Trinajstić information content (AvgIpc) is 2.64. The number of nitrogen functional groups attached to an aromatic ring is 1. The van der Waals surface area contributed by atoms with Crippen LogP contribution in [0.1, 0.15) is 28.5 Å². The topological polar surface area (TPSA) is 85.4 Å². The van der Waals surface area contributed by atoms with Gasteiger partial charge >= 0.3 is 5.97 Å². The summed E-state index contributed by atoms with van der Waals surface area (Å²) >= 11 is 0. The highest BCUT2D eigenvalue weighted by atomic mass is 16.5. The zero-order valence-corrected chi connectivity index (χ0v) is 8.41. The van der Waals surface area contributed by atoms with E-state index < -0.39 is 5.97 Å². The number of fused-ring (bicyclic) bond motifs is 1. The summed E-state index contributed by atoms with van der Waals surface area (Å²) in [5.74, 6) is -0.527. The fraction of sp³-hybridized carbons (Fsp3) is 0.400. The van der Waals surface area contributed by atoms with Gasteiger partial charge in [0, 0.05) is 12.0 Å². The molecule has 0 radical (unpaired) electrons. The molecule has 0 spiro atoms. The molecule has 0 aromatic carbocycles. The highest BCUT2D eigenvalue weighted by molar-refractivity contribution is 5.96. The predicted octanol–water partition coefficient (Wildman–Crippen LogP) is 0.859. The molecule has 0 saturated heterocycles. The number of ether oxygens (including phenoxy) is 1. The molecule has 1 aliphatic heterocycles. The number of carbonyl (C=O) groups is 1. The Kier molecular flexibility index (Phi) is 2.22. The number of rotatable bonds is 2. The van der Waals surface area contributed by atoms with Crippen molar-refractivity contribution in [1.29, 1.82) is 0 Å². The van der Waals surface area contributed by atoms with Gasteiger partial charge in [-0.2, -0.15) is 0 Å². The predicted molar refractivity (Wildman–Crippen MR) is 54.2 cm³/mol. The summed E-state index contributed by atoms with van der Waals surface area (Å²) in [6, 6.07) is 0. The first-order valence-corrected chi connectivity index (χ1v) is 4.82. The van der Waals surface area contributed by atoms with Crippen molar-refractivity contribution in [3.05, 3.63) is 16.8 Å². The lowest BCUT2D eigenvalue weighted by atomic mass is 10.0. The number of aryl methyl sites for hydroxylation is 1. The molecule has 15 heavy (non-hydrogen) atoms. The van der Waals surface area contributed by atoms with Gasteiger partial charge in [0.05, 0.1) is 18.0 Å². The first kappa shape index (κ1) is 9.76. The van der Waals surface area contributed by atoms with Gasteiger partial charge in [0.15, 0.2) is 0 Å². The standard InChI is InChI=1S/C10H12N2O3/c1-2-6-7(10(13)14)8(11)5-3-4-15-9(5)12-6/h2-4H2,1H3,(H2,11,12)(H,13,14). The van der Waals surface area contributed by atoms with Gasteiger partial charge in [0.1, 0.15) is 5.56 Å². The van der Waals surface area contributed by atoms with Gasteiger partial charge in [-0.25, -0.2) is 9.78 Å². The summed E-state index contributed by atoms with van der Waals surface area (Å²) < 4.78 is 5.27. The molecule has 1 aliphatic rings. The number of hydrogen-bond acceptors (Lipinski definition) is 4. The quantitative estimate of drug-likeness (QED) is 0.752. The van der Waals surface area contributed by atoms with Gasteiger partial charge in [-0.05, 0) is 6.42 Å². The van der Waals surface area contributed by atoms with Crippen LogP contribution in [0.2, 0.25) is 0 Å². The zero-order valence-electron chi connectivity index (χ0n) is 8.41. The maximum absolute atomic E-state index is 11.0. The summed E-state index contributed by atoms with van der Waals surface area (Å²) in [5.41, 5.74) is 7.46. The number of aromatic carboxylic acids is 1. The monoisotopic (exact) mass is 208 g/mol. The highest BCUT2D eigenvalue weighted by Gasteiger charge is 2.25. The van der Waals surface area contributed by atoms with E-state index in [1.807, 2.05) is 6.92 Å². The van der Waals surface area contributed by atoms with E-state index in [1.165, 1.54) is 0 Å². The molecule has 0 unspecified atom stereocenters. The Morgan fingerprint density at radius 3 is 3.00 bits per heavy atom. The van der Waals surface area contributed by atoms with Crippen LogP contribution in [-0.2, 0) is 12.8 Å². The number of nitrogens with two attached hydrogens (primary N) is 1. The number of nitrogens with zero attached hydrogens (tertiary/aromatic N) is 1. The largest absolute Gasteiger partial charge is 0.478 e. The molecule has 3 N–H and O–H groups in total. The van der Waals surface area contributed by atoms with Crippen LogP contribution in [-0.4, -0.2) is 22.7 Å². The number of pyridine rings is 1. The molecule has 1 aromatic rings. The third-order valence-electron chi connectivity index (χ3n) is 2.52. The number of hydrogen-bond donors (Lipinski definition) is 2. The SMILES string of the molecule is CCc1nc2c(c(N)c1C(=O)O)CCO2. The first-order chi connectivity index (χ1) is 7.15. The minimum atomic E-state index is -1.02. The van der Waals surface area contributed by atoms with Crippen LogP contribution >= 0.6 is 0 Å².